The maximum Gasteiger partial charge on any atom is 0.243 e. The SMILES string of the molecule is CC12CCC(=O)N1C(C(=O)NCCCSc1ccc(F)cc1)CS2. The van der Waals surface area contributed by atoms with Gasteiger partial charge in [0.15, 0.2) is 0 Å². The molecule has 0 radical (unpaired) electrons. The second-order valence-electron chi connectivity index (χ2n) is 6.21. The van der Waals surface area contributed by atoms with E-state index in [9.17, 15) is 14.0 Å². The van der Waals surface area contributed by atoms with E-state index < -0.39 is 0 Å². The molecule has 2 atom stereocenters. The van der Waals surface area contributed by atoms with E-state index in [0.29, 0.717) is 18.7 Å². The number of nitrogens with zero attached hydrogens (tertiary/aromatic N) is 1. The first-order chi connectivity index (χ1) is 11.5. The molecule has 24 heavy (non-hydrogen) atoms. The molecule has 3 rings (SSSR count). The third-order valence-corrected chi connectivity index (χ3v) is 7.05. The maximum absolute atomic E-state index is 12.8. The summed E-state index contributed by atoms with van der Waals surface area (Å²) >= 11 is 3.35. The van der Waals surface area contributed by atoms with E-state index in [1.54, 1.807) is 40.6 Å². The molecule has 0 saturated carbocycles. The van der Waals surface area contributed by atoms with Crippen LogP contribution in [0.25, 0.3) is 0 Å². The Morgan fingerprint density at radius 3 is 2.96 bits per heavy atom. The summed E-state index contributed by atoms with van der Waals surface area (Å²) in [5, 5.41) is 2.95. The number of halogens is 1. The lowest BCUT2D eigenvalue weighted by molar-refractivity contribution is -0.137. The van der Waals surface area contributed by atoms with Gasteiger partial charge in [0.25, 0.3) is 0 Å². The standard InChI is InChI=1S/C17H21FN2O2S2/c1-17-8-7-15(21)20(17)14(11-24-17)16(22)19-9-2-10-23-13-5-3-12(18)4-6-13/h3-6,14H,2,7-11H2,1H3,(H,19,22). The Hall–Kier alpha value is -1.21. The molecule has 1 aromatic carbocycles. The number of carbonyl (C=O) groups is 2. The molecule has 2 fully saturated rings. The minimum atomic E-state index is -0.334. The van der Waals surface area contributed by atoms with Crippen molar-refractivity contribution in [3.63, 3.8) is 0 Å². The quantitative estimate of drug-likeness (QED) is 0.620. The van der Waals surface area contributed by atoms with Gasteiger partial charge in [-0.1, -0.05) is 0 Å². The number of carbonyl (C=O) groups excluding carboxylic acids is 2. The Morgan fingerprint density at radius 1 is 1.46 bits per heavy atom. The first-order valence-electron chi connectivity index (χ1n) is 8.12. The monoisotopic (exact) mass is 368 g/mol. The minimum Gasteiger partial charge on any atom is -0.354 e. The number of hydrogen-bond acceptors (Lipinski definition) is 4. The first kappa shape index (κ1) is 17.6. The second-order valence-corrected chi connectivity index (χ2v) is 8.88. The van der Waals surface area contributed by atoms with E-state index in [1.165, 1.54) is 12.1 Å². The van der Waals surface area contributed by atoms with Gasteiger partial charge in [0.2, 0.25) is 11.8 Å². The van der Waals surface area contributed by atoms with Crippen LogP contribution in [0.5, 0.6) is 0 Å². The Kier molecular flexibility index (Phi) is 5.39. The molecule has 4 nitrogen and oxygen atoms in total. The summed E-state index contributed by atoms with van der Waals surface area (Å²) in [4.78, 5) is 27.0. The van der Waals surface area contributed by atoms with Crippen LogP contribution < -0.4 is 5.32 Å². The van der Waals surface area contributed by atoms with Gasteiger partial charge in [-0.25, -0.2) is 4.39 Å². The number of rotatable bonds is 6. The second kappa shape index (κ2) is 7.35. The van der Waals surface area contributed by atoms with Crippen molar-refractivity contribution < 1.29 is 14.0 Å². The van der Waals surface area contributed by atoms with Crippen molar-refractivity contribution >= 4 is 35.3 Å². The predicted octanol–water partition coefficient (Wildman–Crippen LogP) is 2.88. The minimum absolute atomic E-state index is 0.0479. The van der Waals surface area contributed by atoms with Crippen LogP contribution in [0, 0.1) is 5.82 Å². The van der Waals surface area contributed by atoms with Crippen LogP contribution >= 0.6 is 23.5 Å². The molecule has 2 aliphatic rings. The average Bonchev–Trinajstić information content (AvgIpc) is 3.05. The largest absolute Gasteiger partial charge is 0.354 e. The molecule has 2 saturated heterocycles. The molecule has 2 unspecified atom stereocenters. The maximum atomic E-state index is 12.8. The summed E-state index contributed by atoms with van der Waals surface area (Å²) in [5.41, 5.74) is 0. The molecule has 0 bridgehead atoms. The zero-order valence-electron chi connectivity index (χ0n) is 13.6. The van der Waals surface area contributed by atoms with Crippen LogP contribution in [0.1, 0.15) is 26.2 Å². The molecule has 130 valence electrons. The van der Waals surface area contributed by atoms with Crippen molar-refractivity contribution in [3.8, 4) is 0 Å². The van der Waals surface area contributed by atoms with Gasteiger partial charge >= 0.3 is 0 Å². The summed E-state index contributed by atoms with van der Waals surface area (Å²) in [7, 11) is 0. The fourth-order valence-corrected chi connectivity index (χ4v) is 5.42. The predicted molar refractivity (Wildman–Crippen MR) is 95.5 cm³/mol. The molecule has 7 heteroatoms. The van der Waals surface area contributed by atoms with E-state index in [1.807, 2.05) is 0 Å². The summed E-state index contributed by atoms with van der Waals surface area (Å²) in [6, 6.07) is 6.08. The fourth-order valence-electron chi connectivity index (χ4n) is 3.14. The van der Waals surface area contributed by atoms with Crippen molar-refractivity contribution in [2.75, 3.05) is 18.1 Å². The van der Waals surface area contributed by atoms with Crippen LogP contribution in [0.2, 0.25) is 0 Å². The molecule has 1 N–H and O–H groups in total. The molecular weight excluding hydrogens is 347 g/mol. The van der Waals surface area contributed by atoms with Crippen molar-refractivity contribution in [1.29, 1.82) is 0 Å². The van der Waals surface area contributed by atoms with Gasteiger partial charge in [-0.15, -0.1) is 23.5 Å². The lowest BCUT2D eigenvalue weighted by atomic mass is 10.2. The van der Waals surface area contributed by atoms with Gasteiger partial charge in [-0.2, -0.15) is 0 Å². The summed E-state index contributed by atoms with van der Waals surface area (Å²) in [6.07, 6.45) is 2.20. The van der Waals surface area contributed by atoms with Gasteiger partial charge < -0.3 is 10.2 Å². The highest BCUT2D eigenvalue weighted by molar-refractivity contribution is 8.01. The normalized spacial score (nSPS) is 25.8. The Morgan fingerprint density at radius 2 is 2.21 bits per heavy atom. The molecule has 2 aliphatic heterocycles. The number of nitrogens with one attached hydrogen (secondary N) is 1. The summed E-state index contributed by atoms with van der Waals surface area (Å²) in [6.45, 7) is 2.64. The third kappa shape index (κ3) is 3.72. The molecule has 0 aliphatic carbocycles. The van der Waals surface area contributed by atoms with E-state index in [4.69, 9.17) is 0 Å². The zero-order chi connectivity index (χ0) is 17.2. The van der Waals surface area contributed by atoms with Gasteiger partial charge in [-0.05, 0) is 49.8 Å². The van der Waals surface area contributed by atoms with Crippen LogP contribution in [-0.2, 0) is 9.59 Å². The van der Waals surface area contributed by atoms with Crippen molar-refractivity contribution in [1.82, 2.24) is 10.2 Å². The highest BCUT2D eigenvalue weighted by Gasteiger charge is 2.52. The van der Waals surface area contributed by atoms with Crippen molar-refractivity contribution in [2.24, 2.45) is 0 Å². The molecule has 2 heterocycles. The highest BCUT2D eigenvalue weighted by atomic mass is 32.2. The molecule has 1 aromatic rings. The van der Waals surface area contributed by atoms with Gasteiger partial charge in [0.1, 0.15) is 11.9 Å². The fraction of sp³-hybridized carbons (Fsp3) is 0.529. The summed E-state index contributed by atoms with van der Waals surface area (Å²) in [5.74, 6) is 1.34. The lowest BCUT2D eigenvalue weighted by Crippen LogP contribution is -2.50. The van der Waals surface area contributed by atoms with Crippen LogP contribution in [0.3, 0.4) is 0 Å². The van der Waals surface area contributed by atoms with Gasteiger partial charge in [0.05, 0.1) is 4.87 Å². The smallest absolute Gasteiger partial charge is 0.243 e. The average molecular weight is 368 g/mol. The molecular formula is C17H21FN2O2S2. The molecule has 0 aromatic heterocycles. The van der Waals surface area contributed by atoms with Crippen LogP contribution in [0.15, 0.2) is 29.2 Å². The van der Waals surface area contributed by atoms with E-state index in [2.05, 4.69) is 12.2 Å². The van der Waals surface area contributed by atoms with Crippen molar-refractivity contribution in [2.45, 2.75) is 42.0 Å². The Labute approximate surface area is 149 Å². The number of benzene rings is 1. The lowest BCUT2D eigenvalue weighted by Gasteiger charge is -2.29. The van der Waals surface area contributed by atoms with Crippen LogP contribution in [-0.4, -0.2) is 45.7 Å². The van der Waals surface area contributed by atoms with E-state index in [0.717, 1.165) is 23.5 Å². The Balaban J connectivity index is 1.40. The molecule has 2 amide bonds. The van der Waals surface area contributed by atoms with Gasteiger partial charge in [0, 0.05) is 23.6 Å². The molecule has 0 spiro atoms. The van der Waals surface area contributed by atoms with E-state index >= 15 is 0 Å². The highest BCUT2D eigenvalue weighted by Crippen LogP contribution is 2.47. The third-order valence-electron chi connectivity index (χ3n) is 4.45. The number of fused-ring (bicyclic) bond motifs is 1. The number of hydrogen-bond donors (Lipinski definition) is 1. The zero-order valence-corrected chi connectivity index (χ0v) is 15.2. The number of thioether (sulfide) groups is 2. The van der Waals surface area contributed by atoms with Gasteiger partial charge in [-0.3, -0.25) is 9.59 Å². The van der Waals surface area contributed by atoms with E-state index in [-0.39, 0.29) is 28.5 Å². The first-order valence-corrected chi connectivity index (χ1v) is 10.1. The summed E-state index contributed by atoms with van der Waals surface area (Å²) < 4.78 is 12.8. The topological polar surface area (TPSA) is 49.4 Å². The van der Waals surface area contributed by atoms with Crippen molar-refractivity contribution in [3.05, 3.63) is 30.1 Å². The number of amides is 2. The van der Waals surface area contributed by atoms with Crippen LogP contribution in [0.4, 0.5) is 4.39 Å². The Bertz CT molecular complexity index is 626.